The first-order chi connectivity index (χ1) is 13.2. The Labute approximate surface area is 157 Å². The summed E-state index contributed by atoms with van der Waals surface area (Å²) in [4.78, 5) is 14.4. The second kappa shape index (κ2) is 6.27. The van der Waals surface area contributed by atoms with E-state index in [1.807, 2.05) is 24.3 Å². The molecule has 0 atom stereocenters. The summed E-state index contributed by atoms with van der Waals surface area (Å²) in [7, 11) is 0. The van der Waals surface area contributed by atoms with E-state index in [-0.39, 0.29) is 0 Å². The van der Waals surface area contributed by atoms with Crippen molar-refractivity contribution in [3.8, 4) is 0 Å². The molecule has 0 aliphatic carbocycles. The Hall–Kier alpha value is -3.07. The summed E-state index contributed by atoms with van der Waals surface area (Å²) in [5, 5.41) is 16.5. The highest BCUT2D eigenvalue weighted by atomic mass is 16.4. The van der Waals surface area contributed by atoms with Crippen molar-refractivity contribution < 1.29 is 9.90 Å². The van der Waals surface area contributed by atoms with Gasteiger partial charge in [0.15, 0.2) is 0 Å². The fourth-order valence-electron chi connectivity index (χ4n) is 4.52. The molecule has 4 aromatic rings. The minimum atomic E-state index is -0.846. The fraction of sp³-hybridized carbons (Fsp3) is 0.208. The molecule has 1 aliphatic heterocycles. The number of aromatic carboxylic acids is 1. The third-order valence-electron chi connectivity index (χ3n) is 5.81. The smallest absolute Gasteiger partial charge is 0.338 e. The summed E-state index contributed by atoms with van der Waals surface area (Å²) in [5.74, 6) is -0.846. The molecule has 4 aromatic carbocycles. The van der Waals surface area contributed by atoms with Crippen molar-refractivity contribution in [1.82, 2.24) is 0 Å². The van der Waals surface area contributed by atoms with Crippen LogP contribution in [-0.2, 0) is 0 Å². The number of carboxylic acids is 1. The van der Waals surface area contributed by atoms with Gasteiger partial charge < -0.3 is 10.0 Å². The normalized spacial score (nSPS) is 14.9. The third kappa shape index (κ3) is 2.54. The number of piperidine rings is 1. The van der Waals surface area contributed by atoms with Gasteiger partial charge in [0.05, 0.1) is 11.3 Å². The van der Waals surface area contributed by atoms with Gasteiger partial charge in [-0.05, 0) is 57.6 Å². The Morgan fingerprint density at radius 3 is 2.15 bits per heavy atom. The highest BCUT2D eigenvalue weighted by molar-refractivity contribution is 6.21. The molecule has 0 bridgehead atoms. The predicted molar refractivity (Wildman–Crippen MR) is 112 cm³/mol. The van der Waals surface area contributed by atoms with E-state index in [0.29, 0.717) is 5.56 Å². The Balaban J connectivity index is 1.82. The maximum atomic E-state index is 12.2. The van der Waals surface area contributed by atoms with Gasteiger partial charge in [-0.15, -0.1) is 0 Å². The van der Waals surface area contributed by atoms with Crippen LogP contribution < -0.4 is 4.90 Å². The van der Waals surface area contributed by atoms with Crippen LogP contribution >= 0.6 is 0 Å². The number of carbonyl (C=O) groups is 1. The maximum absolute atomic E-state index is 12.2. The van der Waals surface area contributed by atoms with Crippen molar-refractivity contribution in [3.63, 3.8) is 0 Å². The molecule has 0 spiro atoms. The van der Waals surface area contributed by atoms with Crippen molar-refractivity contribution in [1.29, 1.82) is 0 Å². The van der Waals surface area contributed by atoms with Gasteiger partial charge in [0, 0.05) is 13.1 Å². The molecule has 0 radical (unpaired) electrons. The van der Waals surface area contributed by atoms with Crippen LogP contribution in [0.15, 0.2) is 60.7 Å². The van der Waals surface area contributed by atoms with Gasteiger partial charge in [0.2, 0.25) is 0 Å². The van der Waals surface area contributed by atoms with Crippen molar-refractivity contribution in [2.24, 2.45) is 0 Å². The zero-order chi connectivity index (χ0) is 18.4. The first-order valence-electron chi connectivity index (χ1n) is 9.59. The standard InChI is InChI=1S/C24H21NO2/c26-24(27)23-21-11-10-18-17-7-3-2-6-16(17)8-9-19(18)20(21)12-13-22(23)25-14-4-1-5-15-25/h2-3,6-13H,1,4-5,14-15H2,(H,26,27). The highest BCUT2D eigenvalue weighted by Crippen LogP contribution is 2.36. The number of hydrogen-bond donors (Lipinski definition) is 1. The van der Waals surface area contributed by atoms with Crippen LogP contribution in [0.5, 0.6) is 0 Å². The summed E-state index contributed by atoms with van der Waals surface area (Å²) in [6.45, 7) is 1.87. The summed E-state index contributed by atoms with van der Waals surface area (Å²) in [6.07, 6.45) is 3.48. The van der Waals surface area contributed by atoms with Crippen molar-refractivity contribution in [2.45, 2.75) is 19.3 Å². The largest absolute Gasteiger partial charge is 0.478 e. The van der Waals surface area contributed by atoms with E-state index >= 15 is 0 Å². The minimum absolute atomic E-state index is 0.435. The number of fused-ring (bicyclic) bond motifs is 5. The average Bonchev–Trinajstić information content (AvgIpc) is 2.72. The summed E-state index contributed by atoms with van der Waals surface area (Å²) in [5.41, 5.74) is 1.29. The van der Waals surface area contributed by atoms with E-state index in [1.54, 1.807) is 0 Å². The SMILES string of the molecule is O=C(O)c1c(N2CCCCC2)ccc2c1ccc1c3ccccc3ccc21. The number of benzene rings is 4. The number of rotatable bonds is 2. The number of carboxylic acid groups (broad SMARTS) is 1. The summed E-state index contributed by atoms with van der Waals surface area (Å²) in [6, 6.07) is 20.7. The second-order valence-electron chi connectivity index (χ2n) is 7.36. The van der Waals surface area contributed by atoms with Crippen LogP contribution in [0.1, 0.15) is 29.6 Å². The van der Waals surface area contributed by atoms with Crippen molar-refractivity contribution in [3.05, 3.63) is 66.2 Å². The van der Waals surface area contributed by atoms with Gasteiger partial charge in [0.25, 0.3) is 0 Å². The quantitative estimate of drug-likeness (QED) is 0.460. The van der Waals surface area contributed by atoms with E-state index in [2.05, 4.69) is 41.3 Å². The molecule has 3 nitrogen and oxygen atoms in total. The first kappa shape index (κ1) is 16.1. The third-order valence-corrected chi connectivity index (χ3v) is 5.81. The number of nitrogens with zero attached hydrogens (tertiary/aromatic N) is 1. The van der Waals surface area contributed by atoms with Crippen LogP contribution in [-0.4, -0.2) is 24.2 Å². The van der Waals surface area contributed by atoms with Crippen molar-refractivity contribution in [2.75, 3.05) is 18.0 Å². The predicted octanol–water partition coefficient (Wildman–Crippen LogP) is 5.83. The molecule has 0 aromatic heterocycles. The van der Waals surface area contributed by atoms with E-state index in [9.17, 15) is 9.90 Å². The molecule has 134 valence electrons. The Kier molecular flexibility index (Phi) is 3.75. The molecule has 1 N–H and O–H groups in total. The molecule has 27 heavy (non-hydrogen) atoms. The average molecular weight is 355 g/mol. The van der Waals surface area contributed by atoms with E-state index in [1.165, 1.54) is 22.6 Å². The van der Waals surface area contributed by atoms with Gasteiger partial charge in [-0.1, -0.05) is 54.6 Å². The molecular weight excluding hydrogens is 334 g/mol. The van der Waals surface area contributed by atoms with Crippen LogP contribution in [0.25, 0.3) is 32.3 Å². The molecule has 5 rings (SSSR count). The molecule has 1 saturated heterocycles. The maximum Gasteiger partial charge on any atom is 0.338 e. The second-order valence-corrected chi connectivity index (χ2v) is 7.36. The Morgan fingerprint density at radius 1 is 0.704 bits per heavy atom. The Morgan fingerprint density at radius 2 is 1.33 bits per heavy atom. The van der Waals surface area contributed by atoms with Crippen LogP contribution in [0, 0.1) is 0 Å². The van der Waals surface area contributed by atoms with Gasteiger partial charge >= 0.3 is 5.97 Å². The lowest BCUT2D eigenvalue weighted by molar-refractivity contribution is 0.0699. The lowest BCUT2D eigenvalue weighted by atomic mass is 9.93. The zero-order valence-corrected chi connectivity index (χ0v) is 15.1. The summed E-state index contributed by atoms with van der Waals surface area (Å²) < 4.78 is 0. The van der Waals surface area contributed by atoms with Crippen LogP contribution in [0.3, 0.4) is 0 Å². The fourth-order valence-corrected chi connectivity index (χ4v) is 4.52. The molecule has 1 heterocycles. The molecule has 0 unspecified atom stereocenters. The lowest BCUT2D eigenvalue weighted by Crippen LogP contribution is -2.30. The van der Waals surface area contributed by atoms with Gasteiger partial charge in [-0.25, -0.2) is 4.79 Å². The van der Waals surface area contributed by atoms with E-state index < -0.39 is 5.97 Å². The molecule has 1 aliphatic rings. The summed E-state index contributed by atoms with van der Waals surface area (Å²) >= 11 is 0. The van der Waals surface area contributed by atoms with Gasteiger partial charge in [0.1, 0.15) is 0 Å². The monoisotopic (exact) mass is 355 g/mol. The molecule has 3 heteroatoms. The Bertz CT molecular complexity index is 1190. The molecule has 0 amide bonds. The number of hydrogen-bond acceptors (Lipinski definition) is 2. The van der Waals surface area contributed by atoms with Crippen LogP contribution in [0.2, 0.25) is 0 Å². The lowest BCUT2D eigenvalue weighted by Gasteiger charge is -2.30. The van der Waals surface area contributed by atoms with E-state index in [4.69, 9.17) is 0 Å². The number of anilines is 1. The zero-order valence-electron chi connectivity index (χ0n) is 15.1. The molecule has 0 saturated carbocycles. The molecule has 1 fully saturated rings. The van der Waals surface area contributed by atoms with Gasteiger partial charge in [-0.3, -0.25) is 0 Å². The van der Waals surface area contributed by atoms with Crippen LogP contribution in [0.4, 0.5) is 5.69 Å². The molecular formula is C24H21NO2. The van der Waals surface area contributed by atoms with Crippen molar-refractivity contribution >= 4 is 44.0 Å². The van der Waals surface area contributed by atoms with Gasteiger partial charge in [-0.2, -0.15) is 0 Å². The van der Waals surface area contributed by atoms with E-state index in [0.717, 1.165) is 47.8 Å². The first-order valence-corrected chi connectivity index (χ1v) is 9.59. The minimum Gasteiger partial charge on any atom is -0.478 e. The highest BCUT2D eigenvalue weighted by Gasteiger charge is 2.21. The topological polar surface area (TPSA) is 40.5 Å².